The molecule has 1 atom stereocenters. The molecule has 17 heavy (non-hydrogen) atoms. The summed E-state index contributed by atoms with van der Waals surface area (Å²) in [7, 11) is 0. The fraction of sp³-hybridized carbons (Fsp3) is 0.692. The summed E-state index contributed by atoms with van der Waals surface area (Å²) in [5.74, 6) is 0. The van der Waals surface area contributed by atoms with Gasteiger partial charge in [-0.2, -0.15) is 0 Å². The Kier molecular flexibility index (Phi) is 5.99. The average Bonchev–Trinajstić information content (AvgIpc) is 3.00. The van der Waals surface area contributed by atoms with Gasteiger partial charge >= 0.3 is 0 Å². The summed E-state index contributed by atoms with van der Waals surface area (Å²) in [4.78, 5) is 1.40. The molecule has 3 nitrogen and oxygen atoms in total. The van der Waals surface area contributed by atoms with E-state index < -0.39 is 0 Å². The monoisotopic (exact) mass is 255 g/mol. The summed E-state index contributed by atoms with van der Waals surface area (Å²) in [5, 5.41) is 5.48. The first-order valence-electron chi connectivity index (χ1n) is 6.37. The molecule has 1 aliphatic heterocycles. The van der Waals surface area contributed by atoms with Gasteiger partial charge in [-0.1, -0.05) is 6.07 Å². The molecule has 0 aliphatic carbocycles. The molecule has 0 spiro atoms. The third-order valence-corrected chi connectivity index (χ3v) is 3.83. The van der Waals surface area contributed by atoms with Gasteiger partial charge in [0.15, 0.2) is 0 Å². The highest BCUT2D eigenvalue weighted by Crippen LogP contribution is 2.10. The van der Waals surface area contributed by atoms with E-state index >= 15 is 0 Å². The van der Waals surface area contributed by atoms with E-state index in [1.54, 1.807) is 11.3 Å². The predicted octanol–water partition coefficient (Wildman–Crippen LogP) is 2.08. The number of ether oxygens (including phenoxy) is 2. The van der Waals surface area contributed by atoms with Crippen LogP contribution in [0.3, 0.4) is 0 Å². The molecule has 96 valence electrons. The van der Waals surface area contributed by atoms with Gasteiger partial charge in [0.2, 0.25) is 0 Å². The molecular formula is C13H21NO2S. The third-order valence-electron chi connectivity index (χ3n) is 2.89. The van der Waals surface area contributed by atoms with Crippen LogP contribution in [0, 0.1) is 0 Å². The van der Waals surface area contributed by atoms with Crippen LogP contribution in [0.1, 0.15) is 17.7 Å². The standard InChI is InChI=1S/C13H21NO2S/c1-3-12(16-7-1)11-14-6-9-15-8-5-13-4-2-10-17-13/h2,4,10,12,14H,1,3,5-9,11H2. The van der Waals surface area contributed by atoms with Crippen LogP contribution >= 0.6 is 11.3 Å². The van der Waals surface area contributed by atoms with E-state index in [1.807, 2.05) is 0 Å². The van der Waals surface area contributed by atoms with Crippen LogP contribution in [0.15, 0.2) is 17.5 Å². The molecule has 0 aromatic carbocycles. The highest BCUT2D eigenvalue weighted by Gasteiger charge is 2.13. The van der Waals surface area contributed by atoms with Gasteiger partial charge in [0.25, 0.3) is 0 Å². The van der Waals surface area contributed by atoms with E-state index in [4.69, 9.17) is 9.47 Å². The first-order valence-corrected chi connectivity index (χ1v) is 7.25. The number of hydrogen-bond donors (Lipinski definition) is 1. The molecule has 1 unspecified atom stereocenters. The Hall–Kier alpha value is -0.420. The largest absolute Gasteiger partial charge is 0.380 e. The minimum Gasteiger partial charge on any atom is -0.380 e. The Morgan fingerprint density at radius 2 is 2.47 bits per heavy atom. The van der Waals surface area contributed by atoms with Crippen molar-refractivity contribution in [1.29, 1.82) is 0 Å². The van der Waals surface area contributed by atoms with Crippen molar-refractivity contribution in [3.8, 4) is 0 Å². The molecule has 1 aliphatic rings. The zero-order valence-corrected chi connectivity index (χ0v) is 11.0. The minimum atomic E-state index is 0.432. The predicted molar refractivity (Wildman–Crippen MR) is 70.7 cm³/mol. The molecule has 1 saturated heterocycles. The van der Waals surface area contributed by atoms with E-state index in [0.29, 0.717) is 6.10 Å². The van der Waals surface area contributed by atoms with Crippen LogP contribution in [0.4, 0.5) is 0 Å². The Bertz CT molecular complexity index is 284. The summed E-state index contributed by atoms with van der Waals surface area (Å²) in [6.45, 7) is 4.43. The molecule has 1 N–H and O–H groups in total. The van der Waals surface area contributed by atoms with Crippen molar-refractivity contribution in [2.75, 3.05) is 32.9 Å². The molecule has 0 radical (unpaired) electrons. The summed E-state index contributed by atoms with van der Waals surface area (Å²) in [6, 6.07) is 4.24. The van der Waals surface area contributed by atoms with Crippen molar-refractivity contribution in [3.63, 3.8) is 0 Å². The number of nitrogens with one attached hydrogen (secondary N) is 1. The molecular weight excluding hydrogens is 234 g/mol. The summed E-state index contributed by atoms with van der Waals surface area (Å²) >= 11 is 1.80. The molecule has 2 heterocycles. The Morgan fingerprint density at radius 1 is 1.47 bits per heavy atom. The lowest BCUT2D eigenvalue weighted by Gasteiger charge is -2.10. The third kappa shape index (κ3) is 5.17. The van der Waals surface area contributed by atoms with Gasteiger partial charge in [0, 0.05) is 31.0 Å². The van der Waals surface area contributed by atoms with E-state index in [9.17, 15) is 0 Å². The zero-order chi connectivity index (χ0) is 11.8. The molecule has 1 fully saturated rings. The van der Waals surface area contributed by atoms with Crippen molar-refractivity contribution in [1.82, 2.24) is 5.32 Å². The van der Waals surface area contributed by atoms with Crippen LogP contribution < -0.4 is 5.32 Å². The average molecular weight is 255 g/mol. The van der Waals surface area contributed by atoms with Gasteiger partial charge in [0.05, 0.1) is 19.3 Å². The Morgan fingerprint density at radius 3 is 3.24 bits per heavy atom. The van der Waals surface area contributed by atoms with Crippen molar-refractivity contribution in [2.45, 2.75) is 25.4 Å². The highest BCUT2D eigenvalue weighted by molar-refractivity contribution is 7.09. The summed E-state index contributed by atoms with van der Waals surface area (Å²) in [5.41, 5.74) is 0. The second-order valence-electron chi connectivity index (χ2n) is 4.28. The maximum atomic E-state index is 5.58. The summed E-state index contributed by atoms with van der Waals surface area (Å²) < 4.78 is 11.1. The lowest BCUT2D eigenvalue weighted by Crippen LogP contribution is -2.29. The number of rotatable bonds is 8. The van der Waals surface area contributed by atoms with Gasteiger partial charge in [-0.05, 0) is 24.3 Å². The van der Waals surface area contributed by atoms with Gasteiger partial charge in [-0.25, -0.2) is 0 Å². The minimum absolute atomic E-state index is 0.432. The lowest BCUT2D eigenvalue weighted by molar-refractivity contribution is 0.103. The van der Waals surface area contributed by atoms with Crippen molar-refractivity contribution < 1.29 is 9.47 Å². The van der Waals surface area contributed by atoms with E-state index in [2.05, 4.69) is 22.8 Å². The molecule has 1 aromatic heterocycles. The lowest BCUT2D eigenvalue weighted by atomic mass is 10.2. The second kappa shape index (κ2) is 7.82. The Balaban J connectivity index is 1.39. The van der Waals surface area contributed by atoms with E-state index in [0.717, 1.165) is 39.3 Å². The first-order chi connectivity index (χ1) is 8.45. The molecule has 0 amide bonds. The fourth-order valence-corrected chi connectivity index (χ4v) is 2.63. The number of thiophene rings is 1. The zero-order valence-electron chi connectivity index (χ0n) is 10.2. The van der Waals surface area contributed by atoms with Crippen LogP contribution in [0.5, 0.6) is 0 Å². The molecule has 0 saturated carbocycles. The molecule has 0 bridgehead atoms. The highest BCUT2D eigenvalue weighted by atomic mass is 32.1. The van der Waals surface area contributed by atoms with Gasteiger partial charge < -0.3 is 14.8 Å². The smallest absolute Gasteiger partial charge is 0.0700 e. The number of hydrogen-bond acceptors (Lipinski definition) is 4. The quantitative estimate of drug-likeness (QED) is 0.721. The van der Waals surface area contributed by atoms with Gasteiger partial charge in [0.1, 0.15) is 0 Å². The van der Waals surface area contributed by atoms with Crippen LogP contribution in [-0.2, 0) is 15.9 Å². The maximum Gasteiger partial charge on any atom is 0.0700 e. The first kappa shape index (κ1) is 13.0. The maximum absolute atomic E-state index is 5.58. The molecule has 1 aromatic rings. The fourth-order valence-electron chi connectivity index (χ4n) is 1.94. The van der Waals surface area contributed by atoms with Crippen LogP contribution in [0.2, 0.25) is 0 Å². The van der Waals surface area contributed by atoms with Crippen LogP contribution in [0.25, 0.3) is 0 Å². The Labute approximate surface area is 107 Å². The molecule has 4 heteroatoms. The van der Waals surface area contributed by atoms with E-state index in [-0.39, 0.29) is 0 Å². The topological polar surface area (TPSA) is 30.5 Å². The van der Waals surface area contributed by atoms with E-state index in [1.165, 1.54) is 17.7 Å². The second-order valence-corrected chi connectivity index (χ2v) is 5.31. The SMILES string of the molecule is c1csc(CCOCCNCC2CCCO2)c1. The van der Waals surface area contributed by atoms with Gasteiger partial charge in [-0.3, -0.25) is 0 Å². The van der Waals surface area contributed by atoms with Crippen molar-refractivity contribution in [2.24, 2.45) is 0 Å². The van der Waals surface area contributed by atoms with Crippen molar-refractivity contribution >= 4 is 11.3 Å². The van der Waals surface area contributed by atoms with Gasteiger partial charge in [-0.15, -0.1) is 11.3 Å². The molecule has 2 rings (SSSR count). The summed E-state index contributed by atoms with van der Waals surface area (Å²) in [6.07, 6.45) is 3.88. The van der Waals surface area contributed by atoms with Crippen molar-refractivity contribution in [3.05, 3.63) is 22.4 Å². The normalized spacial score (nSPS) is 19.9. The van der Waals surface area contributed by atoms with Crippen LogP contribution in [-0.4, -0.2) is 39.0 Å².